The van der Waals surface area contributed by atoms with Gasteiger partial charge in [0.15, 0.2) is 0 Å². The van der Waals surface area contributed by atoms with E-state index < -0.39 is 26.1 Å². The van der Waals surface area contributed by atoms with Gasteiger partial charge >= 0.3 is 0 Å². The molecule has 0 spiro atoms. The lowest BCUT2D eigenvalue weighted by molar-refractivity contribution is 0.320. The van der Waals surface area contributed by atoms with Gasteiger partial charge in [-0.3, -0.25) is 0 Å². The zero-order chi connectivity index (χ0) is 25.2. The van der Waals surface area contributed by atoms with E-state index in [1.807, 2.05) is 0 Å². The summed E-state index contributed by atoms with van der Waals surface area (Å²) >= 11 is 6.14. The molecule has 0 bridgehead atoms. The number of sulfonamides is 2. The van der Waals surface area contributed by atoms with Crippen molar-refractivity contribution in [2.24, 2.45) is 0 Å². The van der Waals surface area contributed by atoms with E-state index in [0.717, 1.165) is 0 Å². The number of aromatic nitrogens is 1. The molecule has 0 amide bonds. The SMILES string of the molecule is COc1ccc(S(=O)(=O)N2CCC(N(c3cccc(C)n3)S(=O)(=O)c3ccccc3)CC2)cc1Cl. The van der Waals surface area contributed by atoms with Crippen molar-refractivity contribution in [1.29, 1.82) is 0 Å². The van der Waals surface area contributed by atoms with Gasteiger partial charge in [-0.25, -0.2) is 26.1 Å². The molecule has 1 aliphatic rings. The van der Waals surface area contributed by atoms with Gasteiger partial charge in [0.2, 0.25) is 10.0 Å². The zero-order valence-electron chi connectivity index (χ0n) is 19.3. The molecule has 1 fully saturated rings. The molecular weight excluding hydrogens is 510 g/mol. The Morgan fingerprint density at radius 2 is 1.63 bits per heavy atom. The molecule has 35 heavy (non-hydrogen) atoms. The highest BCUT2D eigenvalue weighted by Crippen LogP contribution is 2.33. The number of rotatable bonds is 7. The van der Waals surface area contributed by atoms with Crippen LogP contribution < -0.4 is 9.04 Å². The summed E-state index contributed by atoms with van der Waals surface area (Å²) in [5, 5.41) is 0.203. The number of ether oxygens (including phenoxy) is 1. The lowest BCUT2D eigenvalue weighted by atomic mass is 10.1. The van der Waals surface area contributed by atoms with E-state index >= 15 is 0 Å². The minimum atomic E-state index is -3.92. The number of aryl methyl sites for hydroxylation is 1. The fourth-order valence-electron chi connectivity index (χ4n) is 4.14. The van der Waals surface area contributed by atoms with Gasteiger partial charge in [0.25, 0.3) is 10.0 Å². The Bertz CT molecular complexity index is 1410. The van der Waals surface area contributed by atoms with E-state index in [2.05, 4.69) is 4.98 Å². The monoisotopic (exact) mass is 535 g/mol. The van der Waals surface area contributed by atoms with Crippen LogP contribution in [0.25, 0.3) is 0 Å². The highest BCUT2D eigenvalue weighted by atomic mass is 35.5. The smallest absolute Gasteiger partial charge is 0.265 e. The highest BCUT2D eigenvalue weighted by Gasteiger charge is 2.37. The third-order valence-corrected chi connectivity index (χ3v) is 9.98. The van der Waals surface area contributed by atoms with Gasteiger partial charge in [0.05, 0.1) is 21.9 Å². The third-order valence-electron chi connectivity index (χ3n) is 5.92. The van der Waals surface area contributed by atoms with Crippen molar-refractivity contribution in [2.45, 2.75) is 35.6 Å². The summed E-state index contributed by atoms with van der Waals surface area (Å²) in [7, 11) is -6.27. The molecule has 186 valence electrons. The Balaban J connectivity index is 1.62. The minimum Gasteiger partial charge on any atom is -0.495 e. The molecule has 0 radical (unpaired) electrons. The summed E-state index contributed by atoms with van der Waals surface area (Å²) in [6, 6.07) is 17.3. The van der Waals surface area contributed by atoms with E-state index in [1.54, 1.807) is 55.5 Å². The Hall–Kier alpha value is -2.66. The topological polar surface area (TPSA) is 96.9 Å². The van der Waals surface area contributed by atoms with Crippen LogP contribution >= 0.6 is 11.6 Å². The van der Waals surface area contributed by atoms with Crippen LogP contribution in [0.2, 0.25) is 5.02 Å². The molecule has 1 aliphatic heterocycles. The number of hydrogen-bond donors (Lipinski definition) is 0. The maximum Gasteiger partial charge on any atom is 0.265 e. The first-order valence-electron chi connectivity index (χ1n) is 11.0. The standard InChI is InChI=1S/C24H26ClN3O5S2/c1-18-7-6-10-24(26-18)28(35(31,32)20-8-4-3-5-9-20)19-13-15-27(16-14-19)34(29,30)21-11-12-23(33-2)22(25)17-21/h3-12,17,19H,13-16H2,1-2H3. The average molecular weight is 536 g/mol. The van der Waals surface area contributed by atoms with Crippen molar-refractivity contribution in [3.8, 4) is 5.75 Å². The summed E-state index contributed by atoms with van der Waals surface area (Å²) in [5.41, 5.74) is 0.687. The molecule has 0 atom stereocenters. The van der Waals surface area contributed by atoms with Crippen molar-refractivity contribution < 1.29 is 21.6 Å². The molecule has 0 unspecified atom stereocenters. The normalized spacial score (nSPS) is 15.6. The van der Waals surface area contributed by atoms with Crippen molar-refractivity contribution in [3.63, 3.8) is 0 Å². The maximum absolute atomic E-state index is 13.7. The predicted molar refractivity (Wildman–Crippen MR) is 135 cm³/mol. The molecule has 3 aromatic rings. The van der Waals surface area contributed by atoms with Gasteiger partial charge < -0.3 is 4.74 Å². The molecule has 0 aliphatic carbocycles. The molecule has 4 rings (SSSR count). The Kier molecular flexibility index (Phi) is 7.37. The Labute approximate surface area is 211 Å². The molecule has 0 N–H and O–H groups in total. The number of anilines is 1. The van der Waals surface area contributed by atoms with Crippen molar-refractivity contribution in [2.75, 3.05) is 24.5 Å². The van der Waals surface area contributed by atoms with Gasteiger partial charge in [-0.1, -0.05) is 35.9 Å². The molecule has 11 heteroatoms. The summed E-state index contributed by atoms with van der Waals surface area (Å²) in [4.78, 5) is 4.69. The largest absolute Gasteiger partial charge is 0.495 e. The highest BCUT2D eigenvalue weighted by molar-refractivity contribution is 7.92. The maximum atomic E-state index is 13.7. The van der Waals surface area contributed by atoms with E-state index in [0.29, 0.717) is 30.1 Å². The first-order chi connectivity index (χ1) is 16.6. The molecular formula is C24H26ClN3O5S2. The fraction of sp³-hybridized carbons (Fsp3) is 0.292. The quantitative estimate of drug-likeness (QED) is 0.452. The number of nitrogens with zero attached hydrogens (tertiary/aromatic N) is 3. The number of halogens is 1. The summed E-state index contributed by atoms with van der Waals surface area (Å²) in [6.45, 7) is 2.11. The second-order valence-electron chi connectivity index (χ2n) is 8.18. The van der Waals surface area contributed by atoms with Gasteiger partial charge in [-0.15, -0.1) is 0 Å². The number of benzene rings is 2. The lowest BCUT2D eigenvalue weighted by Crippen LogP contribution is -2.49. The van der Waals surface area contributed by atoms with Crippen molar-refractivity contribution >= 4 is 37.5 Å². The van der Waals surface area contributed by atoms with Crippen molar-refractivity contribution in [1.82, 2.24) is 9.29 Å². The van der Waals surface area contributed by atoms with Crippen LogP contribution in [-0.2, 0) is 20.0 Å². The number of pyridine rings is 1. The second kappa shape index (κ2) is 10.1. The second-order valence-corrected chi connectivity index (χ2v) is 12.3. The van der Waals surface area contributed by atoms with Gasteiger partial charge in [0, 0.05) is 24.8 Å². The van der Waals surface area contributed by atoms with Crippen LogP contribution in [0.1, 0.15) is 18.5 Å². The van der Waals surface area contributed by atoms with Crippen molar-refractivity contribution in [3.05, 3.63) is 77.4 Å². The van der Waals surface area contributed by atoms with E-state index in [1.165, 1.54) is 33.9 Å². The summed E-state index contributed by atoms with van der Waals surface area (Å²) < 4.78 is 61.6. The molecule has 1 saturated heterocycles. The van der Waals surface area contributed by atoms with E-state index in [9.17, 15) is 16.8 Å². The molecule has 2 aromatic carbocycles. The first-order valence-corrected chi connectivity index (χ1v) is 14.3. The Morgan fingerprint density at radius 1 is 0.943 bits per heavy atom. The van der Waals surface area contributed by atoms with E-state index in [-0.39, 0.29) is 27.9 Å². The van der Waals surface area contributed by atoms with Crippen LogP contribution in [0.5, 0.6) is 5.75 Å². The third kappa shape index (κ3) is 5.16. The Morgan fingerprint density at radius 3 is 2.23 bits per heavy atom. The fourth-order valence-corrected chi connectivity index (χ4v) is 7.64. The molecule has 2 heterocycles. The van der Waals surface area contributed by atoms with Gasteiger partial charge in [-0.05, 0) is 62.2 Å². The first kappa shape index (κ1) is 25.4. The molecule has 1 aromatic heterocycles. The number of hydrogen-bond acceptors (Lipinski definition) is 6. The minimum absolute atomic E-state index is 0.0656. The van der Waals surface area contributed by atoms with Crippen LogP contribution in [0.15, 0.2) is 76.5 Å². The van der Waals surface area contributed by atoms with E-state index in [4.69, 9.17) is 16.3 Å². The number of piperidine rings is 1. The van der Waals surface area contributed by atoms with Gasteiger partial charge in [0.1, 0.15) is 11.6 Å². The van der Waals surface area contributed by atoms with Crippen LogP contribution in [-0.4, -0.2) is 52.4 Å². The van der Waals surface area contributed by atoms with Gasteiger partial charge in [-0.2, -0.15) is 4.31 Å². The average Bonchev–Trinajstić information content (AvgIpc) is 2.85. The van der Waals surface area contributed by atoms with Crippen LogP contribution in [0, 0.1) is 6.92 Å². The molecule has 8 nitrogen and oxygen atoms in total. The molecule has 0 saturated carbocycles. The number of methoxy groups -OCH3 is 1. The summed E-state index contributed by atoms with van der Waals surface area (Å²) in [5.74, 6) is 0.703. The lowest BCUT2D eigenvalue weighted by Gasteiger charge is -2.38. The van der Waals surface area contributed by atoms with Crippen LogP contribution in [0.4, 0.5) is 5.82 Å². The summed E-state index contributed by atoms with van der Waals surface area (Å²) in [6.07, 6.45) is 0.621. The van der Waals surface area contributed by atoms with Crippen LogP contribution in [0.3, 0.4) is 0 Å². The predicted octanol–water partition coefficient (Wildman–Crippen LogP) is 4.10. The zero-order valence-corrected chi connectivity index (χ0v) is 21.7.